The third-order valence-corrected chi connectivity index (χ3v) is 4.36. The average molecular weight is 370 g/mol. The molecule has 0 aliphatic rings. The van der Waals surface area contributed by atoms with Crippen molar-refractivity contribution in [1.29, 1.82) is 0 Å². The minimum absolute atomic E-state index is 0.232. The van der Waals surface area contributed by atoms with E-state index in [0.717, 1.165) is 9.86 Å². The average Bonchev–Trinajstić information content (AvgIpc) is 2.87. The Kier molecular flexibility index (Phi) is 3.59. The fourth-order valence-electron chi connectivity index (χ4n) is 1.95. The number of benzene rings is 2. The van der Waals surface area contributed by atoms with Crippen LogP contribution < -0.4 is 0 Å². The van der Waals surface area contributed by atoms with Gasteiger partial charge in [-0.3, -0.25) is 4.79 Å². The summed E-state index contributed by atoms with van der Waals surface area (Å²) in [6.07, 6.45) is 0. The number of carbonyl (C=O) groups excluding carboxylic acids is 1. The Morgan fingerprint density at radius 1 is 1.10 bits per heavy atom. The molecule has 0 aliphatic heterocycles. The van der Waals surface area contributed by atoms with Crippen LogP contribution in [0.3, 0.4) is 0 Å². The number of halogens is 3. The van der Waals surface area contributed by atoms with E-state index in [1.54, 1.807) is 24.3 Å². The van der Waals surface area contributed by atoms with Crippen molar-refractivity contribution in [3.05, 3.63) is 68.3 Å². The molecule has 0 saturated carbocycles. The van der Waals surface area contributed by atoms with Crippen LogP contribution in [-0.2, 0) is 0 Å². The number of hydrogen-bond donors (Lipinski definition) is 0. The molecule has 0 spiro atoms. The molecule has 0 bridgehead atoms. The molecule has 2 nitrogen and oxygen atoms in total. The van der Waals surface area contributed by atoms with Gasteiger partial charge in [0.1, 0.15) is 5.58 Å². The monoisotopic (exact) mass is 368 g/mol. The second-order valence-electron chi connectivity index (χ2n) is 4.20. The molecule has 0 radical (unpaired) electrons. The number of hydrogen-bond acceptors (Lipinski definition) is 2. The summed E-state index contributed by atoms with van der Waals surface area (Å²) in [6.45, 7) is 0. The Morgan fingerprint density at radius 2 is 1.85 bits per heavy atom. The summed E-state index contributed by atoms with van der Waals surface area (Å²) < 4.78 is 6.41. The van der Waals surface area contributed by atoms with Crippen LogP contribution in [-0.4, -0.2) is 5.78 Å². The number of para-hydroxylation sites is 1. The van der Waals surface area contributed by atoms with Gasteiger partial charge in [-0.2, -0.15) is 0 Å². The molecule has 100 valence electrons. The molecule has 5 heteroatoms. The van der Waals surface area contributed by atoms with Crippen molar-refractivity contribution in [2.24, 2.45) is 0 Å². The Morgan fingerprint density at radius 3 is 2.60 bits per heavy atom. The van der Waals surface area contributed by atoms with E-state index in [1.807, 2.05) is 18.2 Å². The van der Waals surface area contributed by atoms with Gasteiger partial charge < -0.3 is 4.42 Å². The van der Waals surface area contributed by atoms with Crippen LogP contribution in [0.15, 0.2) is 51.4 Å². The van der Waals surface area contributed by atoms with Gasteiger partial charge in [0.2, 0.25) is 5.78 Å². The first-order valence-corrected chi connectivity index (χ1v) is 7.29. The first-order valence-electron chi connectivity index (χ1n) is 5.74. The highest BCUT2D eigenvalue weighted by molar-refractivity contribution is 9.10. The van der Waals surface area contributed by atoms with E-state index in [-0.39, 0.29) is 16.6 Å². The zero-order valence-corrected chi connectivity index (χ0v) is 13.1. The minimum atomic E-state index is -0.291. The topological polar surface area (TPSA) is 30.2 Å². The highest BCUT2D eigenvalue weighted by Gasteiger charge is 2.19. The Balaban J connectivity index is 2.13. The van der Waals surface area contributed by atoms with E-state index in [1.165, 1.54) is 0 Å². The first kappa shape index (κ1) is 13.7. The van der Waals surface area contributed by atoms with Gasteiger partial charge in [0, 0.05) is 10.9 Å². The van der Waals surface area contributed by atoms with Gasteiger partial charge in [-0.25, -0.2) is 0 Å². The molecule has 0 N–H and O–H groups in total. The van der Waals surface area contributed by atoms with Crippen molar-refractivity contribution in [3.8, 4) is 0 Å². The fourth-order valence-corrected chi connectivity index (χ4v) is 2.80. The van der Waals surface area contributed by atoms with Gasteiger partial charge in [0.05, 0.1) is 14.5 Å². The summed E-state index contributed by atoms with van der Waals surface area (Å²) in [5.74, 6) is -0.0586. The first-order chi connectivity index (χ1) is 9.58. The van der Waals surface area contributed by atoms with Crippen LogP contribution in [0.1, 0.15) is 16.1 Å². The van der Waals surface area contributed by atoms with Crippen LogP contribution in [0.25, 0.3) is 11.0 Å². The summed E-state index contributed by atoms with van der Waals surface area (Å²) in [5, 5.41) is 1.43. The van der Waals surface area contributed by atoms with Gasteiger partial charge in [-0.1, -0.05) is 41.4 Å². The van der Waals surface area contributed by atoms with E-state index in [9.17, 15) is 4.79 Å². The third kappa shape index (κ3) is 2.26. The van der Waals surface area contributed by atoms with Crippen molar-refractivity contribution < 1.29 is 9.21 Å². The normalized spacial score (nSPS) is 10.9. The minimum Gasteiger partial charge on any atom is -0.451 e. The summed E-state index contributed by atoms with van der Waals surface area (Å²) in [6, 6.07) is 12.2. The van der Waals surface area contributed by atoms with Gasteiger partial charge in [-0.15, -0.1) is 0 Å². The van der Waals surface area contributed by atoms with Crippen LogP contribution in [0.2, 0.25) is 10.0 Å². The Hall–Kier alpha value is -1.29. The Labute approximate surface area is 133 Å². The maximum atomic E-state index is 12.4. The lowest BCUT2D eigenvalue weighted by molar-refractivity contribution is 0.101. The lowest BCUT2D eigenvalue weighted by atomic mass is 10.1. The van der Waals surface area contributed by atoms with E-state index in [4.69, 9.17) is 27.6 Å². The summed E-state index contributed by atoms with van der Waals surface area (Å²) in [4.78, 5) is 12.4. The van der Waals surface area contributed by atoms with Crippen LogP contribution in [0.5, 0.6) is 0 Å². The van der Waals surface area contributed by atoms with Gasteiger partial charge >= 0.3 is 0 Å². The molecule has 3 aromatic rings. The van der Waals surface area contributed by atoms with Crippen molar-refractivity contribution in [1.82, 2.24) is 0 Å². The van der Waals surface area contributed by atoms with Gasteiger partial charge in [-0.05, 0) is 40.2 Å². The van der Waals surface area contributed by atoms with E-state index in [0.29, 0.717) is 16.2 Å². The van der Waals surface area contributed by atoms with E-state index < -0.39 is 0 Å². The lowest BCUT2D eigenvalue weighted by Gasteiger charge is -2.02. The molecular formula is C15H7BrCl2O2. The fraction of sp³-hybridized carbons (Fsp3) is 0. The molecule has 1 aromatic heterocycles. The molecule has 1 heterocycles. The zero-order chi connectivity index (χ0) is 14.3. The SMILES string of the molecule is O=C(c1cc2cccc(Br)c2o1)c1cccc(Cl)c1Cl. The van der Waals surface area contributed by atoms with Crippen LogP contribution in [0, 0.1) is 0 Å². The molecule has 20 heavy (non-hydrogen) atoms. The summed E-state index contributed by atoms with van der Waals surface area (Å²) >= 11 is 15.4. The smallest absolute Gasteiger partial charge is 0.229 e. The van der Waals surface area contributed by atoms with Crippen molar-refractivity contribution in [3.63, 3.8) is 0 Å². The zero-order valence-electron chi connectivity index (χ0n) is 9.99. The number of fused-ring (bicyclic) bond motifs is 1. The van der Waals surface area contributed by atoms with Crippen molar-refractivity contribution >= 4 is 55.9 Å². The summed E-state index contributed by atoms with van der Waals surface area (Å²) in [5.41, 5.74) is 0.961. The van der Waals surface area contributed by atoms with Crippen molar-refractivity contribution in [2.45, 2.75) is 0 Å². The standard InChI is InChI=1S/C15H7BrCl2O2/c16-10-5-1-3-8-7-12(20-15(8)10)14(19)9-4-2-6-11(17)13(9)18/h1-7H. The maximum absolute atomic E-state index is 12.4. The van der Waals surface area contributed by atoms with Crippen LogP contribution >= 0.6 is 39.1 Å². The Bertz CT molecular complexity index is 824. The van der Waals surface area contributed by atoms with Gasteiger partial charge in [0.15, 0.2) is 5.76 Å². The second-order valence-corrected chi connectivity index (χ2v) is 5.84. The number of carbonyl (C=O) groups is 1. The lowest BCUT2D eigenvalue weighted by Crippen LogP contribution is -2.00. The molecule has 0 fully saturated rings. The van der Waals surface area contributed by atoms with Crippen molar-refractivity contribution in [2.75, 3.05) is 0 Å². The highest BCUT2D eigenvalue weighted by atomic mass is 79.9. The second kappa shape index (κ2) is 5.24. The molecular weight excluding hydrogens is 363 g/mol. The number of furan rings is 1. The summed E-state index contributed by atoms with van der Waals surface area (Å²) in [7, 11) is 0. The van der Waals surface area contributed by atoms with Gasteiger partial charge in [0.25, 0.3) is 0 Å². The molecule has 0 atom stereocenters. The maximum Gasteiger partial charge on any atom is 0.229 e. The third-order valence-electron chi connectivity index (χ3n) is 2.92. The molecule has 0 amide bonds. The number of ketones is 1. The molecule has 3 rings (SSSR count). The largest absolute Gasteiger partial charge is 0.451 e. The molecule has 2 aromatic carbocycles. The van der Waals surface area contributed by atoms with E-state index >= 15 is 0 Å². The molecule has 0 aliphatic carbocycles. The molecule has 0 saturated heterocycles. The quantitative estimate of drug-likeness (QED) is 0.539. The van der Waals surface area contributed by atoms with Crippen LogP contribution in [0.4, 0.5) is 0 Å². The number of rotatable bonds is 2. The molecule has 0 unspecified atom stereocenters. The predicted molar refractivity (Wildman–Crippen MR) is 83.8 cm³/mol. The van der Waals surface area contributed by atoms with E-state index in [2.05, 4.69) is 15.9 Å². The highest BCUT2D eigenvalue weighted by Crippen LogP contribution is 2.31. The predicted octanol–water partition coefficient (Wildman–Crippen LogP) is 5.73.